The molecule has 1 aromatic carbocycles. The molecule has 2 aromatic rings. The third-order valence-corrected chi connectivity index (χ3v) is 5.72. The van der Waals surface area contributed by atoms with Crippen LogP contribution in [0.3, 0.4) is 0 Å². The molecule has 3 heterocycles. The van der Waals surface area contributed by atoms with Crippen molar-refractivity contribution in [1.82, 2.24) is 14.4 Å². The molecule has 26 heavy (non-hydrogen) atoms. The van der Waals surface area contributed by atoms with E-state index in [-0.39, 0.29) is 5.91 Å². The fourth-order valence-corrected chi connectivity index (χ4v) is 4.28. The second-order valence-electron chi connectivity index (χ2n) is 7.43. The van der Waals surface area contributed by atoms with Crippen LogP contribution in [0.15, 0.2) is 30.5 Å². The first-order valence-corrected chi connectivity index (χ1v) is 9.97. The Labute approximate surface area is 155 Å². The molecule has 2 saturated heterocycles. The number of fused-ring (bicyclic) bond motifs is 1. The Hall–Kier alpha value is -1.85. The molecular formula is C21H29N3O2. The number of aromatic nitrogens is 1. The second kappa shape index (κ2) is 7.80. The van der Waals surface area contributed by atoms with Gasteiger partial charge in [-0.15, -0.1) is 0 Å². The van der Waals surface area contributed by atoms with Gasteiger partial charge in [0, 0.05) is 56.4 Å². The average Bonchev–Trinajstić information content (AvgIpc) is 3.24. The van der Waals surface area contributed by atoms with Crippen molar-refractivity contribution in [3.8, 4) is 0 Å². The quantitative estimate of drug-likeness (QED) is 0.846. The first-order valence-electron chi connectivity index (χ1n) is 9.97. The minimum Gasteiger partial charge on any atom is -0.377 e. The van der Waals surface area contributed by atoms with Gasteiger partial charge in [-0.1, -0.05) is 18.2 Å². The predicted octanol–water partition coefficient (Wildman–Crippen LogP) is 2.99. The van der Waals surface area contributed by atoms with Crippen molar-refractivity contribution in [2.24, 2.45) is 0 Å². The molecule has 0 radical (unpaired) electrons. The lowest BCUT2D eigenvalue weighted by molar-refractivity contribution is 0.0705. The van der Waals surface area contributed by atoms with Crippen LogP contribution in [-0.2, 0) is 11.3 Å². The van der Waals surface area contributed by atoms with E-state index in [1.165, 1.54) is 12.8 Å². The standard InChI is InChI=1S/C21H29N3O2/c1-2-23-16-19(18-8-3-4-9-20(18)23)21(25)24-11-6-10-22(12-13-24)15-17-7-5-14-26-17/h3-4,8-9,16-17H,2,5-7,10-15H2,1H3. The number of carbonyl (C=O) groups is 1. The molecule has 0 N–H and O–H groups in total. The zero-order chi connectivity index (χ0) is 17.9. The molecule has 0 spiro atoms. The second-order valence-corrected chi connectivity index (χ2v) is 7.43. The Bertz CT molecular complexity index is 764. The normalized spacial score (nSPS) is 22.0. The van der Waals surface area contributed by atoms with Crippen LogP contribution in [0.1, 0.15) is 36.5 Å². The van der Waals surface area contributed by atoms with Crippen LogP contribution in [0.5, 0.6) is 0 Å². The lowest BCUT2D eigenvalue weighted by atomic mass is 10.1. The van der Waals surface area contributed by atoms with Gasteiger partial charge in [-0.3, -0.25) is 9.69 Å². The van der Waals surface area contributed by atoms with E-state index >= 15 is 0 Å². The summed E-state index contributed by atoms with van der Waals surface area (Å²) >= 11 is 0. The first-order chi connectivity index (χ1) is 12.8. The van der Waals surface area contributed by atoms with E-state index in [1.54, 1.807) is 0 Å². The van der Waals surface area contributed by atoms with Gasteiger partial charge in [-0.05, 0) is 38.8 Å². The third kappa shape index (κ3) is 3.51. The zero-order valence-electron chi connectivity index (χ0n) is 15.7. The van der Waals surface area contributed by atoms with Gasteiger partial charge in [-0.2, -0.15) is 0 Å². The van der Waals surface area contributed by atoms with Crippen molar-refractivity contribution >= 4 is 16.8 Å². The monoisotopic (exact) mass is 355 g/mol. The summed E-state index contributed by atoms with van der Waals surface area (Å²) in [5, 5.41) is 1.07. The van der Waals surface area contributed by atoms with Crippen LogP contribution in [0.4, 0.5) is 0 Å². The van der Waals surface area contributed by atoms with E-state index in [0.717, 1.165) is 68.8 Å². The molecule has 140 valence electrons. The summed E-state index contributed by atoms with van der Waals surface area (Å²) in [6.07, 6.45) is 5.81. The fraction of sp³-hybridized carbons (Fsp3) is 0.571. The number of hydrogen-bond donors (Lipinski definition) is 0. The van der Waals surface area contributed by atoms with Gasteiger partial charge in [-0.25, -0.2) is 0 Å². The van der Waals surface area contributed by atoms with Gasteiger partial charge in [0.25, 0.3) is 5.91 Å². The maximum absolute atomic E-state index is 13.2. The summed E-state index contributed by atoms with van der Waals surface area (Å²) in [5.74, 6) is 0.173. The molecule has 0 bridgehead atoms. The van der Waals surface area contributed by atoms with Gasteiger partial charge in [0.1, 0.15) is 0 Å². The summed E-state index contributed by atoms with van der Waals surface area (Å²) < 4.78 is 7.95. The molecule has 2 aliphatic heterocycles. The van der Waals surface area contributed by atoms with Gasteiger partial charge in [0.2, 0.25) is 0 Å². The highest BCUT2D eigenvalue weighted by atomic mass is 16.5. The highest BCUT2D eigenvalue weighted by Crippen LogP contribution is 2.23. The lowest BCUT2D eigenvalue weighted by Crippen LogP contribution is -2.37. The highest BCUT2D eigenvalue weighted by molar-refractivity contribution is 6.07. The number of amides is 1. The van der Waals surface area contributed by atoms with Gasteiger partial charge in [0.15, 0.2) is 0 Å². The molecule has 1 aromatic heterocycles. The number of aryl methyl sites for hydroxylation is 1. The summed E-state index contributed by atoms with van der Waals surface area (Å²) in [5.41, 5.74) is 1.99. The van der Waals surface area contributed by atoms with Crippen molar-refractivity contribution < 1.29 is 9.53 Å². The van der Waals surface area contributed by atoms with Crippen molar-refractivity contribution in [3.05, 3.63) is 36.0 Å². The summed E-state index contributed by atoms with van der Waals surface area (Å²) in [6, 6.07) is 8.22. The predicted molar refractivity (Wildman–Crippen MR) is 104 cm³/mol. The van der Waals surface area contributed by atoms with Crippen LogP contribution < -0.4 is 0 Å². The SMILES string of the molecule is CCn1cc(C(=O)N2CCCN(CC3CCCO3)CC2)c2ccccc21. The molecular weight excluding hydrogens is 326 g/mol. The molecule has 4 rings (SSSR count). The van der Waals surface area contributed by atoms with Gasteiger partial charge in [0.05, 0.1) is 11.7 Å². The third-order valence-electron chi connectivity index (χ3n) is 5.72. The Morgan fingerprint density at radius 3 is 2.85 bits per heavy atom. The molecule has 5 nitrogen and oxygen atoms in total. The van der Waals surface area contributed by atoms with E-state index in [4.69, 9.17) is 4.74 Å². The van der Waals surface area contributed by atoms with Crippen LogP contribution in [0, 0.1) is 0 Å². The highest BCUT2D eigenvalue weighted by Gasteiger charge is 2.25. The Kier molecular flexibility index (Phi) is 5.27. The fourth-order valence-electron chi connectivity index (χ4n) is 4.28. The lowest BCUT2D eigenvalue weighted by Gasteiger charge is -2.24. The van der Waals surface area contributed by atoms with Crippen LogP contribution in [0.25, 0.3) is 10.9 Å². The minimum atomic E-state index is 0.173. The summed E-state index contributed by atoms with van der Waals surface area (Å²) in [7, 11) is 0. The Morgan fingerprint density at radius 2 is 2.04 bits per heavy atom. The molecule has 2 fully saturated rings. The van der Waals surface area contributed by atoms with Crippen molar-refractivity contribution in [2.45, 2.75) is 38.8 Å². The molecule has 1 unspecified atom stereocenters. The van der Waals surface area contributed by atoms with E-state index in [9.17, 15) is 4.79 Å². The van der Waals surface area contributed by atoms with Crippen molar-refractivity contribution in [2.75, 3.05) is 39.3 Å². The number of carbonyl (C=O) groups excluding carboxylic acids is 1. The molecule has 1 atom stereocenters. The first kappa shape index (κ1) is 17.6. The van der Waals surface area contributed by atoms with Crippen LogP contribution in [0.2, 0.25) is 0 Å². The largest absolute Gasteiger partial charge is 0.377 e. The number of rotatable bonds is 4. The van der Waals surface area contributed by atoms with Crippen LogP contribution in [-0.4, -0.2) is 65.7 Å². The molecule has 1 amide bonds. The Balaban J connectivity index is 1.47. The summed E-state index contributed by atoms with van der Waals surface area (Å²) in [4.78, 5) is 17.7. The van der Waals surface area contributed by atoms with E-state index < -0.39 is 0 Å². The van der Waals surface area contributed by atoms with E-state index in [1.807, 2.05) is 23.2 Å². The maximum Gasteiger partial charge on any atom is 0.256 e. The van der Waals surface area contributed by atoms with Gasteiger partial charge < -0.3 is 14.2 Å². The molecule has 0 saturated carbocycles. The van der Waals surface area contributed by atoms with Crippen molar-refractivity contribution in [1.29, 1.82) is 0 Å². The molecule has 5 heteroatoms. The topological polar surface area (TPSA) is 37.7 Å². The van der Waals surface area contributed by atoms with E-state index in [0.29, 0.717) is 6.10 Å². The molecule has 0 aliphatic carbocycles. The number of nitrogens with zero attached hydrogens (tertiary/aromatic N) is 3. The summed E-state index contributed by atoms with van der Waals surface area (Å²) in [6.45, 7) is 8.56. The van der Waals surface area contributed by atoms with Crippen molar-refractivity contribution in [3.63, 3.8) is 0 Å². The smallest absolute Gasteiger partial charge is 0.256 e. The zero-order valence-corrected chi connectivity index (χ0v) is 15.7. The maximum atomic E-state index is 13.2. The number of benzene rings is 1. The number of hydrogen-bond acceptors (Lipinski definition) is 3. The average molecular weight is 355 g/mol. The number of para-hydroxylation sites is 1. The Morgan fingerprint density at radius 1 is 1.15 bits per heavy atom. The van der Waals surface area contributed by atoms with Gasteiger partial charge >= 0.3 is 0 Å². The molecule has 2 aliphatic rings. The van der Waals surface area contributed by atoms with Crippen LogP contribution >= 0.6 is 0 Å². The van der Waals surface area contributed by atoms with E-state index in [2.05, 4.69) is 28.5 Å². The number of ether oxygens (including phenoxy) is 1. The minimum absolute atomic E-state index is 0.173.